The Kier molecular flexibility index (Phi) is 4.50. The molecule has 16 heavy (non-hydrogen) atoms. The van der Waals surface area contributed by atoms with Crippen LogP contribution in [-0.4, -0.2) is 18.0 Å². The highest BCUT2D eigenvalue weighted by Gasteiger charge is 2.27. The Hall–Kier alpha value is -0.870. The Morgan fingerprint density at radius 3 is 2.75 bits per heavy atom. The average molecular weight is 240 g/mol. The first-order valence-corrected chi connectivity index (χ1v) is 6.44. The van der Waals surface area contributed by atoms with E-state index in [0.717, 1.165) is 6.54 Å². The average Bonchev–Trinajstić information content (AvgIpc) is 2.70. The van der Waals surface area contributed by atoms with Crippen molar-refractivity contribution in [3.8, 4) is 0 Å². The second-order valence-electron chi connectivity index (χ2n) is 4.37. The van der Waals surface area contributed by atoms with Gasteiger partial charge in [0.15, 0.2) is 0 Å². The van der Waals surface area contributed by atoms with Crippen LogP contribution in [0.2, 0.25) is 0 Å². The molecular formula is C12H20N2OS. The van der Waals surface area contributed by atoms with Gasteiger partial charge in [-0.3, -0.25) is 4.79 Å². The lowest BCUT2D eigenvalue weighted by molar-refractivity contribution is -0.127. The Bertz CT molecular complexity index is 333. The molecule has 4 heteroatoms. The summed E-state index contributed by atoms with van der Waals surface area (Å²) in [6.07, 6.45) is 0. The normalized spacial score (nSPS) is 13.5. The van der Waals surface area contributed by atoms with Gasteiger partial charge in [0.05, 0.1) is 11.6 Å². The third-order valence-corrected chi connectivity index (χ3v) is 3.56. The molecule has 3 nitrogen and oxygen atoms in total. The summed E-state index contributed by atoms with van der Waals surface area (Å²) < 4.78 is 0. The molecule has 90 valence electrons. The Balaban J connectivity index is 2.57. The highest BCUT2D eigenvalue weighted by Crippen LogP contribution is 2.18. The van der Waals surface area contributed by atoms with Gasteiger partial charge in [-0.05, 0) is 38.8 Å². The zero-order valence-electron chi connectivity index (χ0n) is 10.3. The summed E-state index contributed by atoms with van der Waals surface area (Å²) in [6.45, 7) is 8.58. The molecule has 1 aromatic heterocycles. The van der Waals surface area contributed by atoms with E-state index in [1.807, 2.05) is 45.2 Å². The molecule has 0 fully saturated rings. The fourth-order valence-corrected chi connectivity index (χ4v) is 2.24. The molecule has 1 aromatic rings. The zero-order chi connectivity index (χ0) is 12.2. The van der Waals surface area contributed by atoms with E-state index in [1.165, 1.54) is 4.88 Å². The molecule has 0 bridgehead atoms. The summed E-state index contributed by atoms with van der Waals surface area (Å²) in [4.78, 5) is 13.2. The predicted octanol–water partition coefficient (Wildman–Crippen LogP) is 2.31. The van der Waals surface area contributed by atoms with E-state index < -0.39 is 5.54 Å². The summed E-state index contributed by atoms with van der Waals surface area (Å²) in [7, 11) is 0. The standard InChI is InChI=1S/C12H20N2OS/c1-5-13-12(3,4)11(15)14-9(2)10-7-6-8-16-10/h6-9,13H,5H2,1-4H3,(H,14,15). The van der Waals surface area contributed by atoms with Crippen LogP contribution in [0.3, 0.4) is 0 Å². The summed E-state index contributed by atoms with van der Waals surface area (Å²) in [5.41, 5.74) is -0.514. The van der Waals surface area contributed by atoms with Crippen LogP contribution >= 0.6 is 11.3 Å². The lowest BCUT2D eigenvalue weighted by Gasteiger charge is -2.26. The van der Waals surface area contributed by atoms with Gasteiger partial charge < -0.3 is 10.6 Å². The van der Waals surface area contributed by atoms with E-state index in [1.54, 1.807) is 11.3 Å². The van der Waals surface area contributed by atoms with Crippen molar-refractivity contribution in [2.24, 2.45) is 0 Å². The van der Waals surface area contributed by atoms with Gasteiger partial charge in [-0.25, -0.2) is 0 Å². The van der Waals surface area contributed by atoms with Crippen LogP contribution in [0.5, 0.6) is 0 Å². The number of thiophene rings is 1. The SMILES string of the molecule is CCNC(C)(C)C(=O)NC(C)c1cccs1. The lowest BCUT2D eigenvalue weighted by atomic mass is 10.0. The Morgan fingerprint density at radius 2 is 2.25 bits per heavy atom. The fraction of sp³-hybridized carbons (Fsp3) is 0.583. The number of amides is 1. The van der Waals surface area contributed by atoms with Crippen LogP contribution in [0.1, 0.15) is 38.6 Å². The monoisotopic (exact) mass is 240 g/mol. The molecule has 0 aromatic carbocycles. The first-order chi connectivity index (χ1) is 7.47. The van der Waals surface area contributed by atoms with Crippen LogP contribution in [0.4, 0.5) is 0 Å². The van der Waals surface area contributed by atoms with E-state index in [-0.39, 0.29) is 11.9 Å². The zero-order valence-corrected chi connectivity index (χ0v) is 11.1. The maximum atomic E-state index is 12.0. The van der Waals surface area contributed by atoms with Crippen molar-refractivity contribution >= 4 is 17.2 Å². The summed E-state index contributed by atoms with van der Waals surface area (Å²) in [5.74, 6) is 0.0373. The van der Waals surface area contributed by atoms with Gasteiger partial charge in [0.1, 0.15) is 0 Å². The van der Waals surface area contributed by atoms with Crippen molar-refractivity contribution < 1.29 is 4.79 Å². The van der Waals surface area contributed by atoms with E-state index in [9.17, 15) is 4.79 Å². The van der Waals surface area contributed by atoms with Crippen LogP contribution in [0, 0.1) is 0 Å². The van der Waals surface area contributed by atoms with E-state index >= 15 is 0 Å². The largest absolute Gasteiger partial charge is 0.347 e. The topological polar surface area (TPSA) is 41.1 Å². The third-order valence-electron chi connectivity index (χ3n) is 2.50. The molecule has 0 spiro atoms. The van der Waals surface area contributed by atoms with Crippen LogP contribution < -0.4 is 10.6 Å². The molecule has 0 aliphatic rings. The van der Waals surface area contributed by atoms with E-state index in [2.05, 4.69) is 10.6 Å². The maximum absolute atomic E-state index is 12.0. The summed E-state index contributed by atoms with van der Waals surface area (Å²) >= 11 is 1.66. The van der Waals surface area contributed by atoms with E-state index in [0.29, 0.717) is 0 Å². The molecule has 0 radical (unpaired) electrons. The Morgan fingerprint density at radius 1 is 1.56 bits per heavy atom. The summed E-state index contributed by atoms with van der Waals surface area (Å²) in [5, 5.41) is 8.20. The maximum Gasteiger partial charge on any atom is 0.240 e. The molecule has 0 saturated heterocycles. The predicted molar refractivity (Wildman–Crippen MR) is 68.6 cm³/mol. The number of nitrogens with one attached hydrogen (secondary N) is 2. The lowest BCUT2D eigenvalue weighted by Crippen LogP contribution is -2.52. The van der Waals surface area contributed by atoms with Crippen molar-refractivity contribution in [3.05, 3.63) is 22.4 Å². The van der Waals surface area contributed by atoms with Crippen LogP contribution in [0.15, 0.2) is 17.5 Å². The van der Waals surface area contributed by atoms with Crippen molar-refractivity contribution in [3.63, 3.8) is 0 Å². The molecule has 1 atom stereocenters. The van der Waals surface area contributed by atoms with Crippen molar-refractivity contribution in [2.75, 3.05) is 6.54 Å². The first-order valence-electron chi connectivity index (χ1n) is 5.56. The van der Waals surface area contributed by atoms with Crippen LogP contribution in [0.25, 0.3) is 0 Å². The first kappa shape index (κ1) is 13.2. The smallest absolute Gasteiger partial charge is 0.240 e. The van der Waals surface area contributed by atoms with Gasteiger partial charge >= 0.3 is 0 Å². The molecular weight excluding hydrogens is 220 g/mol. The quantitative estimate of drug-likeness (QED) is 0.829. The number of carbonyl (C=O) groups excluding carboxylic acids is 1. The minimum atomic E-state index is -0.514. The molecule has 1 unspecified atom stereocenters. The minimum absolute atomic E-state index is 0.0373. The molecule has 0 aliphatic carbocycles. The van der Waals surface area contributed by atoms with Crippen molar-refractivity contribution in [2.45, 2.75) is 39.3 Å². The van der Waals surface area contributed by atoms with Crippen LogP contribution in [-0.2, 0) is 4.79 Å². The Labute approximate surface area is 101 Å². The van der Waals surface area contributed by atoms with Gasteiger partial charge in [0.25, 0.3) is 0 Å². The highest BCUT2D eigenvalue weighted by atomic mass is 32.1. The van der Waals surface area contributed by atoms with E-state index in [4.69, 9.17) is 0 Å². The minimum Gasteiger partial charge on any atom is -0.347 e. The molecule has 1 rings (SSSR count). The van der Waals surface area contributed by atoms with Gasteiger partial charge in [-0.1, -0.05) is 13.0 Å². The summed E-state index contributed by atoms with van der Waals surface area (Å²) in [6, 6.07) is 4.11. The van der Waals surface area contributed by atoms with Crippen molar-refractivity contribution in [1.82, 2.24) is 10.6 Å². The number of hydrogen-bond acceptors (Lipinski definition) is 3. The number of rotatable bonds is 5. The van der Waals surface area contributed by atoms with Gasteiger partial charge in [-0.2, -0.15) is 0 Å². The molecule has 1 heterocycles. The molecule has 1 amide bonds. The highest BCUT2D eigenvalue weighted by molar-refractivity contribution is 7.10. The molecule has 0 aliphatic heterocycles. The van der Waals surface area contributed by atoms with Gasteiger partial charge in [0, 0.05) is 4.88 Å². The number of likely N-dealkylation sites (N-methyl/N-ethyl adjacent to an activating group) is 1. The second-order valence-corrected chi connectivity index (χ2v) is 5.35. The van der Waals surface area contributed by atoms with Gasteiger partial charge in [-0.15, -0.1) is 11.3 Å². The molecule has 0 saturated carbocycles. The number of hydrogen-bond donors (Lipinski definition) is 2. The van der Waals surface area contributed by atoms with Gasteiger partial charge in [0.2, 0.25) is 5.91 Å². The molecule has 2 N–H and O–H groups in total. The number of carbonyl (C=O) groups is 1. The fourth-order valence-electron chi connectivity index (χ4n) is 1.51. The van der Waals surface area contributed by atoms with Crippen molar-refractivity contribution in [1.29, 1.82) is 0 Å². The third kappa shape index (κ3) is 3.32. The second kappa shape index (κ2) is 5.46.